The zero-order valence-corrected chi connectivity index (χ0v) is 18.0. The average Bonchev–Trinajstić information content (AvgIpc) is 2.75. The minimum atomic E-state index is -3.73. The Balaban J connectivity index is 1.53. The van der Waals surface area contributed by atoms with Gasteiger partial charge in [0.05, 0.1) is 12.0 Å². The first-order chi connectivity index (χ1) is 14.5. The van der Waals surface area contributed by atoms with Crippen molar-refractivity contribution in [2.45, 2.75) is 16.2 Å². The van der Waals surface area contributed by atoms with Crippen molar-refractivity contribution in [3.05, 3.63) is 78.9 Å². The number of amides is 1. The minimum absolute atomic E-state index is 0.107. The van der Waals surface area contributed by atoms with E-state index < -0.39 is 10.0 Å². The number of hydrogen-bond donors (Lipinski definition) is 2. The second-order valence-corrected chi connectivity index (χ2v) is 9.17. The Hall–Kier alpha value is -2.97. The molecule has 2 N–H and O–H groups in total. The zero-order chi connectivity index (χ0) is 21.4. The van der Waals surface area contributed by atoms with Gasteiger partial charge in [-0.05, 0) is 60.7 Å². The van der Waals surface area contributed by atoms with Crippen LogP contribution in [0.25, 0.3) is 0 Å². The van der Waals surface area contributed by atoms with Gasteiger partial charge >= 0.3 is 0 Å². The highest BCUT2D eigenvalue weighted by atomic mass is 32.2. The van der Waals surface area contributed by atoms with E-state index in [0.29, 0.717) is 29.3 Å². The van der Waals surface area contributed by atoms with Gasteiger partial charge < -0.3 is 10.1 Å². The molecular formula is C22H22N2O4S2. The molecule has 0 aromatic heterocycles. The van der Waals surface area contributed by atoms with Crippen LogP contribution in [-0.2, 0) is 14.8 Å². The average molecular weight is 443 g/mol. The van der Waals surface area contributed by atoms with Crippen molar-refractivity contribution in [2.24, 2.45) is 0 Å². The lowest BCUT2D eigenvalue weighted by Crippen LogP contribution is -2.14. The fraction of sp³-hybridized carbons (Fsp3) is 0.136. The summed E-state index contributed by atoms with van der Waals surface area (Å²) in [5.74, 6) is 1.18. The number of nitrogens with one attached hydrogen (secondary N) is 2. The first-order valence-electron chi connectivity index (χ1n) is 9.21. The number of methoxy groups -OCH3 is 1. The van der Waals surface area contributed by atoms with E-state index in [4.69, 9.17) is 4.74 Å². The molecule has 3 aromatic carbocycles. The third kappa shape index (κ3) is 6.27. The summed E-state index contributed by atoms with van der Waals surface area (Å²) >= 11 is 1.61. The van der Waals surface area contributed by atoms with Gasteiger partial charge in [0.15, 0.2) is 0 Å². The van der Waals surface area contributed by atoms with Gasteiger partial charge in [0, 0.05) is 28.4 Å². The summed E-state index contributed by atoms with van der Waals surface area (Å²) in [5, 5.41) is 2.79. The molecule has 0 radical (unpaired) electrons. The highest BCUT2D eigenvalue weighted by Crippen LogP contribution is 2.21. The Morgan fingerprint density at radius 1 is 0.900 bits per heavy atom. The van der Waals surface area contributed by atoms with Gasteiger partial charge in [-0.15, -0.1) is 11.8 Å². The van der Waals surface area contributed by atoms with Gasteiger partial charge in [-0.1, -0.05) is 18.2 Å². The second-order valence-electron chi connectivity index (χ2n) is 6.32. The van der Waals surface area contributed by atoms with E-state index in [-0.39, 0.29) is 10.8 Å². The summed E-state index contributed by atoms with van der Waals surface area (Å²) in [4.78, 5) is 13.3. The van der Waals surface area contributed by atoms with Crippen LogP contribution in [0.5, 0.6) is 5.75 Å². The third-order valence-corrected chi connectivity index (χ3v) is 6.54. The summed E-state index contributed by atoms with van der Waals surface area (Å²) in [6.07, 6.45) is 0.360. The first kappa shape index (κ1) is 21.7. The van der Waals surface area contributed by atoms with Gasteiger partial charge in [-0.25, -0.2) is 8.42 Å². The summed E-state index contributed by atoms with van der Waals surface area (Å²) in [7, 11) is -2.19. The largest absolute Gasteiger partial charge is 0.497 e. The second kappa shape index (κ2) is 10.2. The molecule has 0 spiro atoms. The maximum absolute atomic E-state index is 12.5. The van der Waals surface area contributed by atoms with Crippen molar-refractivity contribution < 1.29 is 17.9 Å². The molecule has 6 nitrogen and oxygen atoms in total. The molecule has 0 atom stereocenters. The fourth-order valence-corrected chi connectivity index (χ4v) is 4.52. The lowest BCUT2D eigenvalue weighted by molar-refractivity contribution is -0.115. The van der Waals surface area contributed by atoms with Gasteiger partial charge in [0.2, 0.25) is 5.91 Å². The Kier molecular flexibility index (Phi) is 7.37. The van der Waals surface area contributed by atoms with Gasteiger partial charge in [0.25, 0.3) is 10.0 Å². The minimum Gasteiger partial charge on any atom is -0.497 e. The van der Waals surface area contributed by atoms with Crippen LogP contribution >= 0.6 is 11.8 Å². The molecule has 0 aliphatic carbocycles. The molecule has 3 aromatic rings. The molecule has 0 unspecified atom stereocenters. The highest BCUT2D eigenvalue weighted by molar-refractivity contribution is 7.99. The summed E-state index contributed by atoms with van der Waals surface area (Å²) in [6.45, 7) is 0. The van der Waals surface area contributed by atoms with Crippen LogP contribution in [-0.4, -0.2) is 27.2 Å². The molecule has 0 aliphatic heterocycles. The van der Waals surface area contributed by atoms with E-state index >= 15 is 0 Å². The number of ether oxygens (including phenoxy) is 1. The number of rotatable bonds is 9. The lowest BCUT2D eigenvalue weighted by Gasteiger charge is -2.10. The molecule has 0 fully saturated rings. The molecule has 0 saturated heterocycles. The van der Waals surface area contributed by atoms with E-state index in [2.05, 4.69) is 10.0 Å². The van der Waals surface area contributed by atoms with E-state index in [1.54, 1.807) is 55.3 Å². The predicted octanol–water partition coefficient (Wildman–Crippen LogP) is 4.62. The van der Waals surface area contributed by atoms with E-state index in [9.17, 15) is 13.2 Å². The van der Waals surface area contributed by atoms with Crippen LogP contribution in [0.1, 0.15) is 6.42 Å². The van der Waals surface area contributed by atoms with E-state index in [1.165, 1.54) is 12.1 Å². The summed E-state index contributed by atoms with van der Waals surface area (Å²) < 4.78 is 32.6. The van der Waals surface area contributed by atoms with Crippen LogP contribution in [0.2, 0.25) is 0 Å². The van der Waals surface area contributed by atoms with Crippen LogP contribution in [0.15, 0.2) is 88.7 Å². The monoisotopic (exact) mass is 442 g/mol. The molecule has 8 heteroatoms. The SMILES string of the molecule is COc1ccc(NS(=O)(=O)c2ccc(NC(=O)CCSc3ccccc3)cc2)cc1. The maximum atomic E-state index is 12.5. The van der Waals surface area contributed by atoms with Crippen molar-refractivity contribution >= 4 is 39.1 Å². The number of carbonyl (C=O) groups is 1. The number of hydrogen-bond acceptors (Lipinski definition) is 5. The topological polar surface area (TPSA) is 84.5 Å². The Morgan fingerprint density at radius 3 is 2.17 bits per heavy atom. The number of anilines is 2. The van der Waals surface area contributed by atoms with Crippen molar-refractivity contribution in [1.82, 2.24) is 0 Å². The van der Waals surface area contributed by atoms with E-state index in [1.807, 2.05) is 30.3 Å². The van der Waals surface area contributed by atoms with Crippen molar-refractivity contribution in [3.8, 4) is 5.75 Å². The van der Waals surface area contributed by atoms with Crippen LogP contribution < -0.4 is 14.8 Å². The lowest BCUT2D eigenvalue weighted by atomic mass is 10.3. The molecule has 0 heterocycles. The summed E-state index contributed by atoms with van der Waals surface area (Å²) in [6, 6.07) is 22.5. The molecule has 30 heavy (non-hydrogen) atoms. The van der Waals surface area contributed by atoms with Gasteiger partial charge in [-0.3, -0.25) is 9.52 Å². The fourth-order valence-electron chi connectivity index (χ4n) is 2.59. The molecule has 0 bridgehead atoms. The Labute approximate surface area is 180 Å². The normalized spacial score (nSPS) is 11.0. The molecular weight excluding hydrogens is 420 g/mol. The highest BCUT2D eigenvalue weighted by Gasteiger charge is 2.14. The molecule has 0 aliphatic rings. The molecule has 3 rings (SSSR count). The predicted molar refractivity (Wildman–Crippen MR) is 121 cm³/mol. The standard InChI is InChI=1S/C22H22N2O4S2/c1-28-19-11-7-18(8-12-19)24-30(26,27)21-13-9-17(10-14-21)23-22(25)15-16-29-20-5-3-2-4-6-20/h2-14,24H,15-16H2,1H3,(H,23,25). The number of benzene rings is 3. The summed E-state index contributed by atoms with van der Waals surface area (Å²) in [5.41, 5.74) is 0.984. The van der Waals surface area contributed by atoms with Crippen LogP contribution in [0.3, 0.4) is 0 Å². The van der Waals surface area contributed by atoms with Gasteiger partial charge in [0.1, 0.15) is 5.75 Å². The molecule has 1 amide bonds. The van der Waals surface area contributed by atoms with Crippen LogP contribution in [0, 0.1) is 0 Å². The van der Waals surface area contributed by atoms with Crippen molar-refractivity contribution in [1.29, 1.82) is 0 Å². The first-order valence-corrected chi connectivity index (χ1v) is 11.7. The maximum Gasteiger partial charge on any atom is 0.261 e. The Bertz CT molecular complexity index is 1070. The van der Waals surface area contributed by atoms with Gasteiger partial charge in [-0.2, -0.15) is 0 Å². The third-order valence-electron chi connectivity index (χ3n) is 4.13. The van der Waals surface area contributed by atoms with Crippen molar-refractivity contribution in [2.75, 3.05) is 22.9 Å². The zero-order valence-electron chi connectivity index (χ0n) is 16.4. The van der Waals surface area contributed by atoms with Crippen molar-refractivity contribution in [3.63, 3.8) is 0 Å². The Morgan fingerprint density at radius 2 is 1.53 bits per heavy atom. The van der Waals surface area contributed by atoms with E-state index in [0.717, 1.165) is 4.90 Å². The number of thioether (sulfide) groups is 1. The number of carbonyl (C=O) groups excluding carboxylic acids is 1. The number of sulfonamides is 1. The van der Waals surface area contributed by atoms with Crippen LogP contribution in [0.4, 0.5) is 11.4 Å². The smallest absolute Gasteiger partial charge is 0.261 e. The quantitative estimate of drug-likeness (QED) is 0.473. The molecule has 0 saturated carbocycles. The molecule has 156 valence electrons.